The number of thioether (sulfide) groups is 2. The number of amides is 1. The lowest BCUT2D eigenvalue weighted by Gasteiger charge is -2.31. The van der Waals surface area contributed by atoms with E-state index in [1.54, 1.807) is 0 Å². The van der Waals surface area contributed by atoms with E-state index in [2.05, 4.69) is 31.3 Å². The monoisotopic (exact) mass is 374 g/mol. The Balaban J connectivity index is 0.00000264. The summed E-state index contributed by atoms with van der Waals surface area (Å²) in [4.78, 5) is 12.4. The highest BCUT2D eigenvalue weighted by Gasteiger charge is 2.26. The number of nitrogens with one attached hydrogen (secondary N) is 1. The minimum absolute atomic E-state index is 0. The molecule has 6 heteroatoms. The van der Waals surface area contributed by atoms with Gasteiger partial charge in [-0.3, -0.25) is 4.79 Å². The molecule has 1 heterocycles. The maximum atomic E-state index is 12.4. The van der Waals surface area contributed by atoms with Crippen LogP contribution in [-0.4, -0.2) is 29.5 Å². The lowest BCUT2D eigenvalue weighted by molar-refractivity contribution is 0.0895. The summed E-state index contributed by atoms with van der Waals surface area (Å²) in [6.45, 7) is 4.60. The zero-order chi connectivity index (χ0) is 16.0. The highest BCUT2D eigenvalue weighted by atomic mass is 35.5. The van der Waals surface area contributed by atoms with Crippen molar-refractivity contribution in [2.75, 3.05) is 18.1 Å². The van der Waals surface area contributed by atoms with Gasteiger partial charge in [0.1, 0.15) is 0 Å². The van der Waals surface area contributed by atoms with E-state index in [-0.39, 0.29) is 23.9 Å². The van der Waals surface area contributed by atoms with Crippen LogP contribution in [0.1, 0.15) is 53.6 Å². The van der Waals surface area contributed by atoms with Gasteiger partial charge in [0, 0.05) is 12.1 Å². The maximum absolute atomic E-state index is 12.4. The Labute approximate surface area is 154 Å². The van der Waals surface area contributed by atoms with Gasteiger partial charge in [-0.05, 0) is 48.5 Å². The molecule has 130 valence electrons. The van der Waals surface area contributed by atoms with Crippen molar-refractivity contribution >= 4 is 41.8 Å². The topological polar surface area (TPSA) is 55.1 Å². The predicted molar refractivity (Wildman–Crippen MR) is 106 cm³/mol. The molecule has 3 nitrogen and oxygen atoms in total. The zero-order valence-electron chi connectivity index (χ0n) is 13.8. The first-order chi connectivity index (χ1) is 10.6. The molecule has 1 aromatic carbocycles. The number of benzene rings is 1. The van der Waals surface area contributed by atoms with Crippen LogP contribution in [0.5, 0.6) is 0 Å². The number of hydrogen-bond acceptors (Lipinski definition) is 4. The van der Waals surface area contributed by atoms with Crippen LogP contribution in [-0.2, 0) is 0 Å². The maximum Gasteiger partial charge on any atom is 0.251 e. The minimum atomic E-state index is -0.287. The Morgan fingerprint density at radius 2 is 1.78 bits per heavy atom. The molecule has 0 atom stereocenters. The SMILES string of the molecule is CCC(CC)(CN)NC(=O)c1ccc(C2SCCCS2)cc1.Cl. The fraction of sp³-hybridized carbons (Fsp3) is 0.588. The van der Waals surface area contributed by atoms with E-state index in [1.165, 1.54) is 23.5 Å². The Kier molecular flexibility index (Phi) is 8.83. The van der Waals surface area contributed by atoms with Crippen LogP contribution in [0.4, 0.5) is 0 Å². The van der Waals surface area contributed by atoms with Crippen LogP contribution in [0.2, 0.25) is 0 Å². The average molecular weight is 375 g/mol. The first kappa shape index (κ1) is 20.7. The third-order valence-corrected chi connectivity index (χ3v) is 7.41. The zero-order valence-corrected chi connectivity index (χ0v) is 16.3. The quantitative estimate of drug-likeness (QED) is 0.782. The molecule has 0 saturated carbocycles. The van der Waals surface area contributed by atoms with Crippen molar-refractivity contribution in [1.29, 1.82) is 0 Å². The van der Waals surface area contributed by atoms with Crippen LogP contribution in [0.25, 0.3) is 0 Å². The Hall–Kier alpha value is -0.360. The van der Waals surface area contributed by atoms with Crippen LogP contribution in [0.3, 0.4) is 0 Å². The van der Waals surface area contributed by atoms with Gasteiger partial charge in [-0.1, -0.05) is 26.0 Å². The van der Waals surface area contributed by atoms with Gasteiger partial charge in [-0.2, -0.15) is 0 Å². The highest BCUT2D eigenvalue weighted by molar-refractivity contribution is 8.16. The van der Waals surface area contributed by atoms with Gasteiger partial charge in [-0.25, -0.2) is 0 Å². The van der Waals surface area contributed by atoms with Gasteiger partial charge >= 0.3 is 0 Å². The second-order valence-electron chi connectivity index (χ2n) is 5.69. The van der Waals surface area contributed by atoms with Crippen LogP contribution < -0.4 is 11.1 Å². The van der Waals surface area contributed by atoms with E-state index in [0.717, 1.165) is 12.8 Å². The highest BCUT2D eigenvalue weighted by Crippen LogP contribution is 2.43. The van der Waals surface area contributed by atoms with Crippen molar-refractivity contribution in [2.45, 2.75) is 43.2 Å². The lowest BCUT2D eigenvalue weighted by atomic mass is 9.92. The molecule has 1 aliphatic heterocycles. The van der Waals surface area contributed by atoms with Crippen molar-refractivity contribution in [3.05, 3.63) is 35.4 Å². The molecule has 1 amide bonds. The molecular weight excluding hydrogens is 348 g/mol. The Morgan fingerprint density at radius 1 is 1.22 bits per heavy atom. The van der Waals surface area contributed by atoms with Gasteiger partial charge < -0.3 is 11.1 Å². The first-order valence-corrected chi connectivity index (χ1v) is 10.1. The molecule has 2 rings (SSSR count). The molecular formula is C17H27ClN2OS2. The summed E-state index contributed by atoms with van der Waals surface area (Å²) in [6, 6.07) is 8.06. The molecule has 3 N–H and O–H groups in total. The molecule has 0 spiro atoms. The lowest BCUT2D eigenvalue weighted by Crippen LogP contribution is -2.52. The second kappa shape index (κ2) is 9.82. The molecule has 0 bridgehead atoms. The summed E-state index contributed by atoms with van der Waals surface area (Å²) in [5.74, 6) is 2.43. The number of halogens is 1. The third-order valence-electron chi connectivity index (χ3n) is 4.40. The molecule has 0 aromatic heterocycles. The fourth-order valence-electron chi connectivity index (χ4n) is 2.55. The number of carbonyl (C=O) groups is 1. The molecule has 0 radical (unpaired) electrons. The molecule has 1 aliphatic rings. The Morgan fingerprint density at radius 3 is 2.26 bits per heavy atom. The summed E-state index contributed by atoms with van der Waals surface area (Å²) in [5, 5.41) is 3.12. The number of rotatable bonds is 6. The molecule has 1 saturated heterocycles. The molecule has 0 aliphatic carbocycles. The van der Waals surface area contributed by atoms with E-state index in [9.17, 15) is 4.79 Å². The minimum Gasteiger partial charge on any atom is -0.345 e. The summed E-state index contributed by atoms with van der Waals surface area (Å²) >= 11 is 3.99. The smallest absolute Gasteiger partial charge is 0.251 e. The van der Waals surface area contributed by atoms with Crippen molar-refractivity contribution in [1.82, 2.24) is 5.32 Å². The van der Waals surface area contributed by atoms with Gasteiger partial charge in [-0.15, -0.1) is 35.9 Å². The number of nitrogens with two attached hydrogens (primary N) is 1. The summed E-state index contributed by atoms with van der Waals surface area (Å²) < 4.78 is 0.514. The van der Waals surface area contributed by atoms with E-state index >= 15 is 0 Å². The van der Waals surface area contributed by atoms with E-state index in [1.807, 2.05) is 35.7 Å². The van der Waals surface area contributed by atoms with Crippen LogP contribution in [0.15, 0.2) is 24.3 Å². The van der Waals surface area contributed by atoms with Gasteiger partial charge in [0.05, 0.1) is 10.1 Å². The first-order valence-electron chi connectivity index (χ1n) is 8.00. The van der Waals surface area contributed by atoms with Crippen molar-refractivity contribution in [3.8, 4) is 0 Å². The van der Waals surface area contributed by atoms with Crippen molar-refractivity contribution in [2.24, 2.45) is 5.73 Å². The van der Waals surface area contributed by atoms with Crippen molar-refractivity contribution < 1.29 is 4.79 Å². The summed E-state index contributed by atoms with van der Waals surface area (Å²) in [6.07, 6.45) is 2.99. The number of hydrogen-bond donors (Lipinski definition) is 2. The third kappa shape index (κ3) is 5.31. The molecule has 1 aromatic rings. The van der Waals surface area contributed by atoms with Gasteiger partial charge in [0.15, 0.2) is 0 Å². The molecule has 0 unspecified atom stereocenters. The number of carbonyl (C=O) groups excluding carboxylic acids is 1. The normalized spacial score (nSPS) is 15.8. The van der Waals surface area contributed by atoms with Crippen molar-refractivity contribution in [3.63, 3.8) is 0 Å². The standard InChI is InChI=1S/C17H26N2OS2.ClH/c1-3-17(4-2,12-18)19-15(20)13-6-8-14(9-7-13)16-21-10-5-11-22-16;/h6-9,16H,3-5,10-12,18H2,1-2H3,(H,19,20);1H. The molecule has 1 fully saturated rings. The predicted octanol–water partition coefficient (Wildman–Crippen LogP) is 4.22. The van der Waals surface area contributed by atoms with Crippen LogP contribution in [0, 0.1) is 0 Å². The van der Waals surface area contributed by atoms with Crippen LogP contribution >= 0.6 is 35.9 Å². The molecule has 23 heavy (non-hydrogen) atoms. The fourth-order valence-corrected chi connectivity index (χ4v) is 5.45. The average Bonchev–Trinajstić information content (AvgIpc) is 2.60. The van der Waals surface area contributed by atoms with E-state index in [0.29, 0.717) is 16.7 Å². The second-order valence-corrected chi connectivity index (χ2v) is 8.42. The summed E-state index contributed by atoms with van der Waals surface area (Å²) in [7, 11) is 0. The van der Waals surface area contributed by atoms with E-state index < -0.39 is 0 Å². The summed E-state index contributed by atoms with van der Waals surface area (Å²) in [5.41, 5.74) is 7.59. The Bertz CT molecular complexity index is 478. The van der Waals surface area contributed by atoms with Gasteiger partial charge in [0.25, 0.3) is 5.91 Å². The van der Waals surface area contributed by atoms with E-state index in [4.69, 9.17) is 5.73 Å². The van der Waals surface area contributed by atoms with Gasteiger partial charge in [0.2, 0.25) is 0 Å². The largest absolute Gasteiger partial charge is 0.345 e.